The minimum absolute atomic E-state index is 0.386. The largest absolute Gasteiger partial charge is 0.454 e. The van der Waals surface area contributed by atoms with Crippen LogP contribution in [-0.2, 0) is 6.54 Å². The average molecular weight is 232 g/mol. The normalized spacial score (nSPS) is 16.4. The maximum absolute atomic E-state index is 12.1. The van der Waals surface area contributed by atoms with Crippen LogP contribution >= 0.6 is 0 Å². The lowest BCUT2D eigenvalue weighted by Crippen LogP contribution is -2.22. The zero-order valence-corrected chi connectivity index (χ0v) is 8.50. The number of ketones is 1. The van der Waals surface area contributed by atoms with Gasteiger partial charge in [-0.25, -0.2) is 0 Å². The van der Waals surface area contributed by atoms with Crippen LogP contribution in [0.2, 0.25) is 0 Å². The number of Topliss-reactive ketones (excluding diaryl/α,β-unsaturated/α-hetero) is 1. The summed E-state index contributed by atoms with van der Waals surface area (Å²) in [6.07, 6.45) is 0.623. The number of carbonyl (C=O) groups is 1. The molecule has 0 atom stereocenters. The maximum Gasteiger partial charge on any atom is 0.454 e. The number of carbonyl (C=O) groups excluding carboxylic acids is 1. The van der Waals surface area contributed by atoms with Gasteiger partial charge in [-0.3, -0.25) is 9.48 Å². The van der Waals surface area contributed by atoms with Gasteiger partial charge in [0, 0.05) is 12.7 Å². The second-order valence-electron chi connectivity index (χ2n) is 4.05. The summed E-state index contributed by atoms with van der Waals surface area (Å²) in [5.74, 6) is -1.14. The molecule has 0 saturated heterocycles. The molecule has 1 heterocycles. The third-order valence-corrected chi connectivity index (χ3v) is 2.62. The van der Waals surface area contributed by atoms with Gasteiger partial charge in [-0.15, -0.1) is 0 Å². The van der Waals surface area contributed by atoms with Gasteiger partial charge in [-0.2, -0.15) is 18.3 Å². The Balaban J connectivity index is 1.98. The van der Waals surface area contributed by atoms with E-state index in [0.29, 0.717) is 12.5 Å². The molecule has 0 aliphatic heterocycles. The molecule has 1 aromatic rings. The van der Waals surface area contributed by atoms with Gasteiger partial charge in [0.05, 0.1) is 11.8 Å². The lowest BCUT2D eigenvalue weighted by molar-refractivity contribution is -0.0885. The van der Waals surface area contributed by atoms with Gasteiger partial charge >= 0.3 is 6.18 Å². The molecule has 1 aromatic heterocycles. The van der Waals surface area contributed by atoms with Crippen molar-refractivity contribution in [3.05, 3.63) is 18.0 Å². The Bertz CT molecular complexity index is 393. The summed E-state index contributed by atoms with van der Waals surface area (Å²) in [6.45, 7) is 0.579. The van der Waals surface area contributed by atoms with Crippen molar-refractivity contribution in [2.24, 2.45) is 5.92 Å². The summed E-state index contributed by atoms with van der Waals surface area (Å²) >= 11 is 0. The predicted molar refractivity (Wildman–Crippen MR) is 50.0 cm³/mol. The number of nitrogens with zero attached hydrogens (tertiary/aromatic N) is 2. The smallest absolute Gasteiger partial charge is 0.284 e. The first-order valence-electron chi connectivity index (χ1n) is 5.11. The Morgan fingerprint density at radius 1 is 1.50 bits per heavy atom. The van der Waals surface area contributed by atoms with Gasteiger partial charge in [-0.05, 0) is 12.3 Å². The number of alkyl halides is 3. The number of hydrogen-bond acceptors (Lipinski definition) is 2. The van der Waals surface area contributed by atoms with Crippen molar-refractivity contribution in [2.45, 2.75) is 32.0 Å². The van der Waals surface area contributed by atoms with E-state index in [1.165, 1.54) is 17.5 Å². The van der Waals surface area contributed by atoms with E-state index in [0.717, 1.165) is 18.8 Å². The third kappa shape index (κ3) is 2.62. The second-order valence-corrected chi connectivity index (χ2v) is 4.05. The summed E-state index contributed by atoms with van der Waals surface area (Å²) in [4.78, 5) is 10.9. The van der Waals surface area contributed by atoms with Crippen molar-refractivity contribution >= 4 is 5.78 Å². The Morgan fingerprint density at radius 2 is 2.19 bits per heavy atom. The van der Waals surface area contributed by atoms with Crippen molar-refractivity contribution in [1.29, 1.82) is 0 Å². The van der Waals surface area contributed by atoms with E-state index in [-0.39, 0.29) is 5.56 Å². The second kappa shape index (κ2) is 3.92. The minimum atomic E-state index is -4.82. The van der Waals surface area contributed by atoms with Crippen LogP contribution in [0.5, 0.6) is 0 Å². The zero-order chi connectivity index (χ0) is 11.8. The first kappa shape index (κ1) is 11.2. The van der Waals surface area contributed by atoms with Crippen LogP contribution in [0.25, 0.3) is 0 Å². The molecule has 6 heteroatoms. The molecule has 0 spiro atoms. The molecule has 1 aliphatic carbocycles. The average Bonchev–Trinajstić information content (AvgIpc) is 2.91. The predicted octanol–water partition coefficient (Wildman–Crippen LogP) is 2.43. The van der Waals surface area contributed by atoms with Gasteiger partial charge in [0.1, 0.15) is 0 Å². The fourth-order valence-electron chi connectivity index (χ4n) is 1.49. The van der Waals surface area contributed by atoms with E-state index in [1.54, 1.807) is 0 Å². The molecule has 0 amide bonds. The summed E-state index contributed by atoms with van der Waals surface area (Å²) in [5.41, 5.74) is -0.386. The van der Waals surface area contributed by atoms with E-state index in [2.05, 4.69) is 5.10 Å². The number of aromatic nitrogens is 2. The van der Waals surface area contributed by atoms with E-state index >= 15 is 0 Å². The van der Waals surface area contributed by atoms with Crippen molar-refractivity contribution in [3.63, 3.8) is 0 Å². The highest BCUT2D eigenvalue weighted by molar-refractivity contribution is 5.99. The lowest BCUT2D eigenvalue weighted by Gasteiger charge is -2.01. The summed E-state index contributed by atoms with van der Waals surface area (Å²) in [5, 5.41) is 3.75. The topological polar surface area (TPSA) is 34.9 Å². The molecular formula is C10H11F3N2O. The molecule has 0 bridgehead atoms. The van der Waals surface area contributed by atoms with Gasteiger partial charge in [0.25, 0.3) is 5.78 Å². The van der Waals surface area contributed by atoms with Crippen LogP contribution in [0.1, 0.15) is 29.6 Å². The fourth-order valence-corrected chi connectivity index (χ4v) is 1.49. The molecule has 2 rings (SSSR count). The standard InChI is InChI=1S/C10H11F3N2O/c11-10(12,13)9(16)8-5-14-15(6-8)4-3-7-1-2-7/h5-7H,1-4H2. The van der Waals surface area contributed by atoms with Gasteiger partial charge < -0.3 is 0 Å². The van der Waals surface area contributed by atoms with Gasteiger partial charge in [0.2, 0.25) is 0 Å². The minimum Gasteiger partial charge on any atom is -0.284 e. The molecule has 3 nitrogen and oxygen atoms in total. The van der Waals surface area contributed by atoms with Crippen LogP contribution in [-0.4, -0.2) is 21.7 Å². The Morgan fingerprint density at radius 3 is 2.75 bits per heavy atom. The van der Waals surface area contributed by atoms with Crippen LogP contribution < -0.4 is 0 Å². The summed E-state index contributed by atoms with van der Waals surface area (Å²) < 4.78 is 37.6. The highest BCUT2D eigenvalue weighted by atomic mass is 19.4. The summed E-state index contributed by atoms with van der Waals surface area (Å²) in [6, 6.07) is 0. The molecule has 0 radical (unpaired) electrons. The zero-order valence-electron chi connectivity index (χ0n) is 8.50. The van der Waals surface area contributed by atoms with Crippen molar-refractivity contribution in [2.75, 3.05) is 0 Å². The highest BCUT2D eigenvalue weighted by Crippen LogP contribution is 2.32. The Labute approximate surface area is 90.2 Å². The van der Waals surface area contributed by atoms with Crippen LogP contribution in [0.4, 0.5) is 13.2 Å². The summed E-state index contributed by atoms with van der Waals surface area (Å²) in [7, 11) is 0. The number of hydrogen-bond donors (Lipinski definition) is 0. The fraction of sp³-hybridized carbons (Fsp3) is 0.600. The van der Waals surface area contributed by atoms with Crippen molar-refractivity contribution in [3.8, 4) is 0 Å². The Hall–Kier alpha value is -1.33. The van der Waals surface area contributed by atoms with Crippen LogP contribution in [0, 0.1) is 5.92 Å². The van der Waals surface area contributed by atoms with E-state index < -0.39 is 12.0 Å². The lowest BCUT2D eigenvalue weighted by atomic mass is 10.2. The van der Waals surface area contributed by atoms with E-state index in [9.17, 15) is 18.0 Å². The Kier molecular flexibility index (Phi) is 2.73. The van der Waals surface area contributed by atoms with Gasteiger partial charge in [-0.1, -0.05) is 12.8 Å². The molecule has 16 heavy (non-hydrogen) atoms. The first-order valence-corrected chi connectivity index (χ1v) is 5.11. The van der Waals surface area contributed by atoms with Crippen molar-refractivity contribution < 1.29 is 18.0 Å². The van der Waals surface area contributed by atoms with E-state index in [4.69, 9.17) is 0 Å². The number of rotatable bonds is 4. The third-order valence-electron chi connectivity index (χ3n) is 2.62. The monoisotopic (exact) mass is 232 g/mol. The van der Waals surface area contributed by atoms with Crippen LogP contribution in [0.3, 0.4) is 0 Å². The molecule has 1 aliphatic rings. The van der Waals surface area contributed by atoms with Gasteiger partial charge in [0.15, 0.2) is 0 Å². The van der Waals surface area contributed by atoms with Crippen LogP contribution in [0.15, 0.2) is 12.4 Å². The number of halogens is 3. The first-order chi connectivity index (χ1) is 7.47. The van der Waals surface area contributed by atoms with Crippen molar-refractivity contribution in [1.82, 2.24) is 9.78 Å². The molecule has 0 aromatic carbocycles. The SMILES string of the molecule is O=C(c1cnn(CCC2CC2)c1)C(F)(F)F. The molecule has 0 unspecified atom stereocenters. The molecule has 1 fully saturated rings. The highest BCUT2D eigenvalue weighted by Gasteiger charge is 2.39. The van der Waals surface area contributed by atoms with E-state index in [1.807, 2.05) is 0 Å². The number of aryl methyl sites for hydroxylation is 1. The molecule has 0 N–H and O–H groups in total. The molecular weight excluding hydrogens is 221 g/mol. The molecule has 1 saturated carbocycles. The maximum atomic E-state index is 12.1. The quantitative estimate of drug-likeness (QED) is 0.747. The molecule has 88 valence electrons.